The Morgan fingerprint density at radius 1 is 1.11 bits per heavy atom. The van der Waals surface area contributed by atoms with E-state index >= 15 is 0 Å². The molecule has 4 heterocycles. The second-order valence-electron chi connectivity index (χ2n) is 9.34. The quantitative estimate of drug-likeness (QED) is 0.626. The fraction of sp³-hybridized carbons (Fsp3) is 0.625. The van der Waals surface area contributed by atoms with E-state index in [1.54, 1.807) is 6.07 Å². The van der Waals surface area contributed by atoms with Gasteiger partial charge < -0.3 is 19.2 Å². The second kappa shape index (κ2) is 10.9. The van der Waals surface area contributed by atoms with Gasteiger partial charge in [0.05, 0.1) is 12.2 Å². The van der Waals surface area contributed by atoms with Gasteiger partial charge in [-0.25, -0.2) is 9.78 Å². The molecule has 0 aromatic carbocycles. The predicted octanol–water partition coefficient (Wildman–Crippen LogP) is 4.49. The van der Waals surface area contributed by atoms with Crippen molar-refractivity contribution in [1.82, 2.24) is 14.9 Å². The van der Waals surface area contributed by atoms with Crippen molar-refractivity contribution in [3.63, 3.8) is 0 Å². The minimum atomic E-state index is -5.08. The number of nitrogens with zero attached hydrogens (tertiary/aromatic N) is 2. The van der Waals surface area contributed by atoms with Crippen molar-refractivity contribution in [1.29, 1.82) is 0 Å². The highest BCUT2D eigenvalue weighted by Crippen LogP contribution is 2.38. The number of halogens is 3. The number of aromatic nitrogens is 2. The zero-order valence-corrected chi connectivity index (χ0v) is 19.4. The van der Waals surface area contributed by atoms with Crippen LogP contribution in [0.15, 0.2) is 27.4 Å². The van der Waals surface area contributed by atoms with Crippen LogP contribution >= 0.6 is 0 Å². The average Bonchev–Trinajstić information content (AvgIpc) is 3.58. The predicted molar refractivity (Wildman–Crippen MR) is 119 cm³/mol. The molecule has 1 aliphatic carbocycles. The molecular formula is C24H30F3N3O5. The van der Waals surface area contributed by atoms with Crippen molar-refractivity contribution in [2.75, 3.05) is 19.7 Å². The Morgan fingerprint density at radius 3 is 2.43 bits per heavy atom. The number of aliphatic carboxylic acids is 1. The van der Waals surface area contributed by atoms with Crippen molar-refractivity contribution in [3.05, 3.63) is 51.6 Å². The molecule has 192 valence electrons. The Kier molecular flexibility index (Phi) is 7.95. The van der Waals surface area contributed by atoms with E-state index < -0.39 is 12.1 Å². The van der Waals surface area contributed by atoms with Gasteiger partial charge in [-0.15, -0.1) is 0 Å². The van der Waals surface area contributed by atoms with Crippen LogP contribution in [0.2, 0.25) is 0 Å². The van der Waals surface area contributed by atoms with Crippen molar-refractivity contribution >= 4 is 5.97 Å². The highest BCUT2D eigenvalue weighted by Gasteiger charge is 2.38. The van der Waals surface area contributed by atoms with Crippen LogP contribution in [0.1, 0.15) is 85.9 Å². The largest absolute Gasteiger partial charge is 0.490 e. The lowest BCUT2D eigenvalue weighted by atomic mass is 9.93. The number of aromatic amines is 1. The van der Waals surface area contributed by atoms with Gasteiger partial charge in [-0.3, -0.25) is 9.69 Å². The Hall–Kier alpha value is -2.66. The van der Waals surface area contributed by atoms with E-state index in [-0.39, 0.29) is 11.7 Å². The normalized spacial score (nSPS) is 21.9. The van der Waals surface area contributed by atoms with E-state index in [9.17, 15) is 18.0 Å². The van der Waals surface area contributed by atoms with Gasteiger partial charge in [-0.1, -0.05) is 0 Å². The number of rotatable bonds is 5. The summed E-state index contributed by atoms with van der Waals surface area (Å²) in [5.41, 5.74) is 0.988. The number of hydrogen-bond acceptors (Lipinski definition) is 6. The van der Waals surface area contributed by atoms with Gasteiger partial charge in [0, 0.05) is 24.5 Å². The van der Waals surface area contributed by atoms with Crippen LogP contribution in [0.3, 0.4) is 0 Å². The van der Waals surface area contributed by atoms with Crippen LogP contribution in [-0.4, -0.2) is 51.8 Å². The molecule has 8 nitrogen and oxygen atoms in total. The van der Waals surface area contributed by atoms with E-state index in [0.717, 1.165) is 87.8 Å². The van der Waals surface area contributed by atoms with Gasteiger partial charge in [-0.2, -0.15) is 13.2 Å². The summed E-state index contributed by atoms with van der Waals surface area (Å²) in [6, 6.07) is 5.88. The van der Waals surface area contributed by atoms with E-state index in [1.165, 1.54) is 6.42 Å². The molecular weight excluding hydrogens is 467 g/mol. The number of ether oxygens (including phenoxy) is 1. The number of H-pyrrole nitrogens is 1. The Labute approximate surface area is 200 Å². The fourth-order valence-electron chi connectivity index (χ4n) is 4.48. The first-order valence-corrected chi connectivity index (χ1v) is 12.0. The lowest BCUT2D eigenvalue weighted by molar-refractivity contribution is -0.192. The standard InChI is InChI=1S/C22H29N3O3.C2HF3O2/c26-21-13-18(23-22(24-21)16-4-5-16)15-8-10-25(11-9-15)14-17-6-7-20(28-17)19-3-1-2-12-27-19;3-2(4,5)1(6)7/h6-7,13,15-16,19H,1-5,8-12,14H2,(H,23,24,26);(H,6,7). The van der Waals surface area contributed by atoms with Crippen molar-refractivity contribution in [2.45, 2.75) is 75.6 Å². The van der Waals surface area contributed by atoms with Crippen LogP contribution in [0, 0.1) is 0 Å². The highest BCUT2D eigenvalue weighted by atomic mass is 19.4. The molecule has 2 saturated heterocycles. The number of hydrogen-bond donors (Lipinski definition) is 2. The molecule has 3 aliphatic rings. The SMILES string of the molecule is O=C(O)C(F)(F)F.O=c1cc(C2CCN(Cc3ccc(C4CCCCO4)o3)CC2)nc(C2CC2)[nH]1. The minimum Gasteiger partial charge on any atom is -0.475 e. The maximum atomic E-state index is 12.0. The van der Waals surface area contributed by atoms with Gasteiger partial charge in [0.1, 0.15) is 23.4 Å². The van der Waals surface area contributed by atoms with Crippen LogP contribution in [0.5, 0.6) is 0 Å². The van der Waals surface area contributed by atoms with E-state index in [4.69, 9.17) is 24.0 Å². The minimum absolute atomic E-state index is 0.00220. The van der Waals surface area contributed by atoms with Crippen molar-refractivity contribution in [3.8, 4) is 0 Å². The summed E-state index contributed by atoms with van der Waals surface area (Å²) >= 11 is 0. The number of piperidine rings is 1. The molecule has 11 heteroatoms. The molecule has 1 saturated carbocycles. The number of nitrogens with one attached hydrogen (secondary N) is 1. The monoisotopic (exact) mass is 497 g/mol. The van der Waals surface area contributed by atoms with E-state index in [0.29, 0.717) is 11.8 Å². The summed E-state index contributed by atoms with van der Waals surface area (Å²) in [4.78, 5) is 31.0. The fourth-order valence-corrected chi connectivity index (χ4v) is 4.48. The van der Waals surface area contributed by atoms with Crippen LogP contribution in [0.4, 0.5) is 13.2 Å². The second-order valence-corrected chi connectivity index (χ2v) is 9.34. The maximum Gasteiger partial charge on any atom is 0.490 e. The van der Waals surface area contributed by atoms with E-state index in [2.05, 4.69) is 22.0 Å². The maximum absolute atomic E-state index is 12.0. The van der Waals surface area contributed by atoms with Crippen LogP contribution in [-0.2, 0) is 16.1 Å². The van der Waals surface area contributed by atoms with Crippen molar-refractivity contribution in [2.24, 2.45) is 0 Å². The van der Waals surface area contributed by atoms with Crippen molar-refractivity contribution < 1.29 is 32.2 Å². The molecule has 2 aromatic heterocycles. The summed E-state index contributed by atoms with van der Waals surface area (Å²) in [6.07, 6.45) is 2.88. The molecule has 1 unspecified atom stereocenters. The molecule has 0 bridgehead atoms. The first-order chi connectivity index (χ1) is 16.7. The molecule has 2 N–H and O–H groups in total. The topological polar surface area (TPSA) is 109 Å². The Morgan fingerprint density at radius 2 is 1.83 bits per heavy atom. The number of likely N-dealkylation sites (tertiary alicyclic amines) is 1. The molecule has 0 amide bonds. The summed E-state index contributed by atoms with van der Waals surface area (Å²) in [6.45, 7) is 3.70. The molecule has 1 atom stereocenters. The molecule has 2 aliphatic heterocycles. The highest BCUT2D eigenvalue weighted by molar-refractivity contribution is 5.73. The lowest BCUT2D eigenvalue weighted by Gasteiger charge is -2.31. The van der Waals surface area contributed by atoms with Gasteiger partial charge >= 0.3 is 12.1 Å². The van der Waals surface area contributed by atoms with E-state index in [1.807, 2.05) is 0 Å². The summed E-state index contributed by atoms with van der Waals surface area (Å²) in [5.74, 6) is 1.01. The zero-order chi connectivity index (χ0) is 25.0. The third kappa shape index (κ3) is 7.17. The number of alkyl halides is 3. The molecule has 2 aromatic rings. The summed E-state index contributed by atoms with van der Waals surface area (Å²) in [7, 11) is 0. The number of carboxylic acids is 1. The average molecular weight is 498 g/mol. The van der Waals surface area contributed by atoms with Gasteiger partial charge in [0.25, 0.3) is 5.56 Å². The smallest absolute Gasteiger partial charge is 0.475 e. The first kappa shape index (κ1) is 25.4. The zero-order valence-electron chi connectivity index (χ0n) is 19.4. The first-order valence-electron chi connectivity index (χ1n) is 12.0. The molecule has 5 rings (SSSR count). The molecule has 0 spiro atoms. The van der Waals surface area contributed by atoms with Gasteiger partial charge in [0.2, 0.25) is 0 Å². The lowest BCUT2D eigenvalue weighted by Crippen LogP contribution is -2.33. The third-order valence-electron chi connectivity index (χ3n) is 6.55. The van der Waals surface area contributed by atoms with Gasteiger partial charge in [0.15, 0.2) is 0 Å². The van der Waals surface area contributed by atoms with Crippen LogP contribution in [0.25, 0.3) is 0 Å². The molecule has 0 radical (unpaired) electrons. The number of furan rings is 1. The number of carbonyl (C=O) groups is 1. The van der Waals surface area contributed by atoms with Gasteiger partial charge in [-0.05, 0) is 70.2 Å². The molecule has 3 fully saturated rings. The summed E-state index contributed by atoms with van der Waals surface area (Å²) in [5, 5.41) is 7.12. The number of carboxylic acid groups (broad SMARTS) is 1. The molecule has 35 heavy (non-hydrogen) atoms. The van der Waals surface area contributed by atoms with Crippen LogP contribution < -0.4 is 5.56 Å². The third-order valence-corrected chi connectivity index (χ3v) is 6.55. The Bertz CT molecular complexity index is 1050. The summed E-state index contributed by atoms with van der Waals surface area (Å²) < 4.78 is 43.6. The Balaban J connectivity index is 0.000000364.